The summed E-state index contributed by atoms with van der Waals surface area (Å²) in [6.45, 7) is 9.39. The van der Waals surface area contributed by atoms with Crippen LogP contribution in [0.5, 0.6) is 6.01 Å². The molecule has 0 aromatic carbocycles. The van der Waals surface area contributed by atoms with Gasteiger partial charge in [0.05, 0.1) is 11.5 Å². The lowest BCUT2D eigenvalue weighted by Gasteiger charge is -2.23. The van der Waals surface area contributed by atoms with Gasteiger partial charge in [0.25, 0.3) is 0 Å². The average Bonchev–Trinajstić information content (AvgIpc) is 3.45. The number of dihydropyridines is 1. The fraction of sp³-hybridized carbons (Fsp3) is 0.517. The zero-order valence-corrected chi connectivity index (χ0v) is 24.3. The SMILES string of the molecule is C#CC.C/C=C\C(=C/CCN(CC(=O)OCC)c1nc(OCC2=CCCN=C2)nc(N)c1[N+](=O)[O-])CN1CCCC1. The van der Waals surface area contributed by atoms with Gasteiger partial charge in [0, 0.05) is 31.4 Å². The monoisotopic (exact) mass is 567 g/mol. The molecule has 0 unspecified atom stereocenters. The molecule has 0 saturated carbocycles. The highest BCUT2D eigenvalue weighted by Gasteiger charge is 2.29. The van der Waals surface area contributed by atoms with Gasteiger partial charge in [-0.05, 0) is 65.1 Å². The number of hydrogen-bond acceptors (Lipinski definition) is 11. The lowest BCUT2D eigenvalue weighted by molar-refractivity contribution is -0.383. The summed E-state index contributed by atoms with van der Waals surface area (Å²) in [7, 11) is 0. The van der Waals surface area contributed by atoms with Crippen molar-refractivity contribution in [1.29, 1.82) is 0 Å². The van der Waals surface area contributed by atoms with Gasteiger partial charge < -0.3 is 20.1 Å². The van der Waals surface area contributed by atoms with E-state index >= 15 is 0 Å². The molecule has 1 saturated heterocycles. The molecule has 12 nitrogen and oxygen atoms in total. The minimum atomic E-state index is -0.641. The molecule has 12 heteroatoms. The molecule has 0 amide bonds. The summed E-state index contributed by atoms with van der Waals surface area (Å²) in [6.07, 6.45) is 18.2. The third-order valence-electron chi connectivity index (χ3n) is 6.06. The molecule has 0 aliphatic carbocycles. The average molecular weight is 568 g/mol. The van der Waals surface area contributed by atoms with Crippen molar-refractivity contribution in [3.8, 4) is 18.4 Å². The van der Waals surface area contributed by atoms with Crippen LogP contribution in [0.2, 0.25) is 0 Å². The maximum Gasteiger partial charge on any atom is 0.353 e. The van der Waals surface area contributed by atoms with E-state index in [1.807, 2.05) is 19.1 Å². The minimum Gasteiger partial charge on any atom is -0.465 e. The molecule has 3 heterocycles. The van der Waals surface area contributed by atoms with Crippen LogP contribution in [-0.2, 0) is 9.53 Å². The second-order valence-electron chi connectivity index (χ2n) is 9.28. The van der Waals surface area contributed by atoms with Crippen molar-refractivity contribution in [2.24, 2.45) is 4.99 Å². The second kappa shape index (κ2) is 18.2. The van der Waals surface area contributed by atoms with Crippen molar-refractivity contribution in [2.75, 3.05) is 63.1 Å². The lowest BCUT2D eigenvalue weighted by atomic mass is 10.1. The van der Waals surface area contributed by atoms with E-state index in [1.54, 1.807) is 20.1 Å². The van der Waals surface area contributed by atoms with Crippen LogP contribution < -0.4 is 15.4 Å². The number of ether oxygens (including phenoxy) is 2. The Kier molecular flexibility index (Phi) is 14.6. The number of nitrogens with zero attached hydrogens (tertiary/aromatic N) is 6. The number of carbonyl (C=O) groups is 1. The number of anilines is 2. The van der Waals surface area contributed by atoms with Gasteiger partial charge in [-0.15, -0.1) is 12.3 Å². The predicted molar refractivity (Wildman–Crippen MR) is 161 cm³/mol. The van der Waals surface area contributed by atoms with Crippen LogP contribution in [0.25, 0.3) is 0 Å². The van der Waals surface area contributed by atoms with E-state index in [0.717, 1.165) is 43.7 Å². The largest absolute Gasteiger partial charge is 0.465 e. The topological polar surface area (TPSA) is 149 Å². The second-order valence-corrected chi connectivity index (χ2v) is 9.28. The zero-order valence-electron chi connectivity index (χ0n) is 24.3. The van der Waals surface area contributed by atoms with E-state index in [9.17, 15) is 14.9 Å². The maximum atomic E-state index is 12.4. The molecule has 1 aromatic heterocycles. The lowest BCUT2D eigenvalue weighted by Crippen LogP contribution is -2.33. The van der Waals surface area contributed by atoms with E-state index in [0.29, 0.717) is 6.42 Å². The fourth-order valence-electron chi connectivity index (χ4n) is 4.33. The first kappa shape index (κ1) is 33.0. The number of nitro groups is 1. The molecule has 0 spiro atoms. The number of nitrogens with two attached hydrogens (primary N) is 1. The van der Waals surface area contributed by atoms with Crippen LogP contribution in [0, 0.1) is 22.5 Å². The number of hydrogen-bond donors (Lipinski definition) is 1. The van der Waals surface area contributed by atoms with Crippen LogP contribution in [0.3, 0.4) is 0 Å². The first-order valence-corrected chi connectivity index (χ1v) is 13.8. The summed E-state index contributed by atoms with van der Waals surface area (Å²) in [5.74, 6) is 1.30. The van der Waals surface area contributed by atoms with Gasteiger partial charge in [-0.1, -0.05) is 24.3 Å². The molecule has 3 rings (SSSR count). The smallest absolute Gasteiger partial charge is 0.353 e. The van der Waals surface area contributed by atoms with Crippen LogP contribution in [-0.4, -0.2) is 84.5 Å². The molecule has 0 bridgehead atoms. The molecule has 2 aliphatic rings. The number of aromatic nitrogens is 2. The molecule has 41 heavy (non-hydrogen) atoms. The molecule has 2 aliphatic heterocycles. The summed E-state index contributed by atoms with van der Waals surface area (Å²) < 4.78 is 10.8. The zero-order chi connectivity index (χ0) is 30.0. The van der Waals surface area contributed by atoms with Crippen molar-refractivity contribution in [2.45, 2.75) is 46.5 Å². The Morgan fingerprint density at radius 1 is 1.34 bits per heavy atom. The number of nitrogen functional groups attached to an aromatic ring is 1. The Morgan fingerprint density at radius 2 is 2.07 bits per heavy atom. The summed E-state index contributed by atoms with van der Waals surface area (Å²) in [4.78, 5) is 40.2. The highest BCUT2D eigenvalue weighted by Crippen LogP contribution is 2.33. The van der Waals surface area contributed by atoms with Crippen LogP contribution >= 0.6 is 0 Å². The Morgan fingerprint density at radius 3 is 2.68 bits per heavy atom. The van der Waals surface area contributed by atoms with E-state index in [2.05, 4.69) is 44.4 Å². The van der Waals surface area contributed by atoms with Gasteiger partial charge in [-0.2, -0.15) is 9.97 Å². The van der Waals surface area contributed by atoms with E-state index in [4.69, 9.17) is 15.2 Å². The molecule has 1 fully saturated rings. The number of carbonyl (C=O) groups excluding carboxylic acids is 1. The molecule has 1 aromatic rings. The van der Waals surface area contributed by atoms with Gasteiger partial charge in [0.15, 0.2) is 0 Å². The molecule has 222 valence electrons. The Hall–Kier alpha value is -4.24. The maximum absolute atomic E-state index is 12.4. The standard InChI is InChI=1S/C26H37N7O5.C3H4/c1-3-9-20(17-31-13-5-6-14-31)11-8-15-32(18-22(34)37-4-2)25-23(33(35)36)24(27)29-26(30-25)38-19-21-10-7-12-28-16-21;1-3-2/h3,9-11,16H,4-8,12-15,17-19H2,1-2H3,(H2,27,29,30);1H,2H3/b9-3-,20-11+;. The molecule has 0 radical (unpaired) electrons. The molecule has 0 atom stereocenters. The summed E-state index contributed by atoms with van der Waals surface area (Å²) >= 11 is 0. The molecular weight excluding hydrogens is 526 g/mol. The number of likely N-dealkylation sites (tertiary alicyclic amines) is 1. The third-order valence-corrected chi connectivity index (χ3v) is 6.06. The van der Waals surface area contributed by atoms with Crippen molar-refractivity contribution in [3.63, 3.8) is 0 Å². The number of allylic oxidation sites excluding steroid dienone is 1. The summed E-state index contributed by atoms with van der Waals surface area (Å²) in [5, 5.41) is 11.9. The van der Waals surface area contributed by atoms with Gasteiger partial charge in [-0.3, -0.25) is 24.8 Å². The Balaban J connectivity index is 0.00000187. The molecular formula is C29H41N7O5. The summed E-state index contributed by atoms with van der Waals surface area (Å²) in [6, 6.07) is -0.115. The van der Waals surface area contributed by atoms with Crippen molar-refractivity contribution >= 4 is 29.5 Å². The quantitative estimate of drug-likeness (QED) is 0.116. The van der Waals surface area contributed by atoms with Gasteiger partial charge in [0.2, 0.25) is 11.6 Å². The molecule has 2 N–H and O–H groups in total. The third kappa shape index (κ3) is 11.4. The minimum absolute atomic E-state index is 0.0858. The van der Waals surface area contributed by atoms with Gasteiger partial charge >= 0.3 is 17.7 Å². The number of aliphatic imine (C=N–C) groups is 1. The Bertz CT molecular complexity index is 1180. The van der Waals surface area contributed by atoms with Gasteiger partial charge in [0.1, 0.15) is 13.2 Å². The summed E-state index contributed by atoms with van der Waals surface area (Å²) in [5.41, 5.74) is 7.50. The highest BCUT2D eigenvalue weighted by atomic mass is 16.6. The number of esters is 1. The predicted octanol–water partition coefficient (Wildman–Crippen LogP) is 3.74. The Labute approximate surface area is 242 Å². The van der Waals surface area contributed by atoms with Crippen molar-refractivity contribution in [1.82, 2.24) is 14.9 Å². The van der Waals surface area contributed by atoms with Crippen LogP contribution in [0.15, 0.2) is 40.4 Å². The van der Waals surface area contributed by atoms with E-state index in [-0.39, 0.29) is 43.9 Å². The first-order chi connectivity index (χ1) is 19.8. The van der Waals surface area contributed by atoms with Gasteiger partial charge in [-0.25, -0.2) is 0 Å². The van der Waals surface area contributed by atoms with Crippen LogP contribution in [0.4, 0.5) is 17.3 Å². The van der Waals surface area contributed by atoms with Crippen LogP contribution in [0.1, 0.15) is 46.5 Å². The van der Waals surface area contributed by atoms with Crippen molar-refractivity contribution in [3.05, 3.63) is 45.6 Å². The number of rotatable bonds is 14. The van der Waals surface area contributed by atoms with E-state index < -0.39 is 16.6 Å². The van der Waals surface area contributed by atoms with E-state index in [1.165, 1.54) is 17.7 Å². The highest BCUT2D eigenvalue weighted by molar-refractivity contribution is 5.80. The fourth-order valence-corrected chi connectivity index (χ4v) is 4.33. The van der Waals surface area contributed by atoms with Crippen molar-refractivity contribution < 1.29 is 19.2 Å². The number of terminal acetylenes is 1. The first-order valence-electron chi connectivity index (χ1n) is 13.8. The normalized spacial score (nSPS) is 15.1.